The second kappa shape index (κ2) is 7.93. The number of pyridine rings is 1. The molecular formula is C19H17BrN2O2. The van der Waals surface area contributed by atoms with E-state index in [1.807, 2.05) is 54.6 Å². The molecule has 2 aromatic carbocycles. The minimum absolute atomic E-state index is 0.0263. The molecule has 0 spiro atoms. The summed E-state index contributed by atoms with van der Waals surface area (Å²) in [5.74, 6) is 0.703. The van der Waals surface area contributed by atoms with Crippen molar-refractivity contribution in [2.24, 2.45) is 0 Å². The number of rotatable bonds is 6. The number of aromatic nitrogens is 1. The number of carbonyl (C=O) groups excluding carboxylic acids is 1. The molecule has 24 heavy (non-hydrogen) atoms. The molecule has 0 aliphatic carbocycles. The Kier molecular flexibility index (Phi) is 5.43. The van der Waals surface area contributed by atoms with E-state index in [1.165, 1.54) is 0 Å². The molecule has 0 radical (unpaired) electrons. The second-order valence-corrected chi connectivity index (χ2v) is 6.15. The van der Waals surface area contributed by atoms with Gasteiger partial charge in [0.2, 0.25) is 5.91 Å². The van der Waals surface area contributed by atoms with Crippen LogP contribution in [0.25, 0.3) is 10.9 Å². The van der Waals surface area contributed by atoms with Crippen molar-refractivity contribution in [1.29, 1.82) is 0 Å². The molecule has 1 heterocycles. The first-order chi connectivity index (χ1) is 11.7. The van der Waals surface area contributed by atoms with Gasteiger partial charge in [-0.05, 0) is 23.8 Å². The van der Waals surface area contributed by atoms with E-state index in [4.69, 9.17) is 4.74 Å². The lowest BCUT2D eigenvalue weighted by Gasteiger charge is -2.10. The van der Waals surface area contributed by atoms with Crippen LogP contribution >= 0.6 is 15.9 Å². The highest BCUT2D eigenvalue weighted by molar-refractivity contribution is 9.10. The number of amides is 1. The maximum absolute atomic E-state index is 12.0. The van der Waals surface area contributed by atoms with Crippen LogP contribution in [0.4, 0.5) is 0 Å². The summed E-state index contributed by atoms with van der Waals surface area (Å²) in [4.78, 5) is 16.3. The van der Waals surface area contributed by atoms with Crippen molar-refractivity contribution in [2.45, 2.75) is 6.42 Å². The molecule has 0 unspecified atom stereocenters. The quantitative estimate of drug-likeness (QED) is 0.658. The fraction of sp³-hybridized carbons (Fsp3) is 0.158. The van der Waals surface area contributed by atoms with Crippen molar-refractivity contribution in [3.05, 3.63) is 70.8 Å². The zero-order chi connectivity index (χ0) is 16.8. The van der Waals surface area contributed by atoms with Crippen LogP contribution in [0.15, 0.2) is 65.3 Å². The first-order valence-corrected chi connectivity index (χ1v) is 8.50. The molecule has 0 atom stereocenters. The van der Waals surface area contributed by atoms with Gasteiger partial charge in [0.25, 0.3) is 0 Å². The van der Waals surface area contributed by atoms with E-state index in [9.17, 15) is 4.79 Å². The molecule has 122 valence electrons. The van der Waals surface area contributed by atoms with Crippen LogP contribution in [0.3, 0.4) is 0 Å². The Labute approximate surface area is 149 Å². The average Bonchev–Trinajstić information content (AvgIpc) is 2.61. The number of hydrogen-bond donors (Lipinski definition) is 1. The van der Waals surface area contributed by atoms with E-state index < -0.39 is 0 Å². The van der Waals surface area contributed by atoms with E-state index in [0.717, 1.165) is 26.7 Å². The monoisotopic (exact) mass is 384 g/mol. The SMILES string of the molecule is O=C(Cc1ccccc1Br)NCCOc1cccc2cccnc12. The van der Waals surface area contributed by atoms with Crippen LogP contribution < -0.4 is 10.1 Å². The summed E-state index contributed by atoms with van der Waals surface area (Å²) < 4.78 is 6.70. The van der Waals surface area contributed by atoms with Gasteiger partial charge in [0.05, 0.1) is 13.0 Å². The summed E-state index contributed by atoms with van der Waals surface area (Å²) in [6.07, 6.45) is 2.09. The number of nitrogens with one attached hydrogen (secondary N) is 1. The maximum atomic E-state index is 12.0. The van der Waals surface area contributed by atoms with Crippen molar-refractivity contribution in [3.8, 4) is 5.75 Å². The fourth-order valence-electron chi connectivity index (χ4n) is 2.42. The number of ether oxygens (including phenoxy) is 1. The Hall–Kier alpha value is -2.40. The largest absolute Gasteiger partial charge is 0.489 e. The number of carbonyl (C=O) groups is 1. The van der Waals surface area contributed by atoms with Gasteiger partial charge < -0.3 is 10.1 Å². The van der Waals surface area contributed by atoms with Gasteiger partial charge in [-0.2, -0.15) is 0 Å². The summed E-state index contributed by atoms with van der Waals surface area (Å²) in [6, 6.07) is 17.4. The number of para-hydroxylation sites is 1. The van der Waals surface area contributed by atoms with E-state index in [-0.39, 0.29) is 5.91 Å². The zero-order valence-electron chi connectivity index (χ0n) is 13.0. The van der Waals surface area contributed by atoms with Crippen molar-refractivity contribution in [3.63, 3.8) is 0 Å². The molecule has 5 heteroatoms. The predicted molar refractivity (Wildman–Crippen MR) is 98.1 cm³/mol. The average molecular weight is 385 g/mol. The van der Waals surface area contributed by atoms with Crippen LogP contribution in [-0.4, -0.2) is 24.0 Å². The smallest absolute Gasteiger partial charge is 0.224 e. The van der Waals surface area contributed by atoms with Gasteiger partial charge in [-0.25, -0.2) is 0 Å². The Morgan fingerprint density at radius 1 is 1.08 bits per heavy atom. The molecule has 3 aromatic rings. The maximum Gasteiger partial charge on any atom is 0.224 e. The van der Waals surface area contributed by atoms with E-state index in [1.54, 1.807) is 6.20 Å². The molecule has 0 aliphatic heterocycles. The molecule has 1 N–H and O–H groups in total. The topological polar surface area (TPSA) is 51.2 Å². The Morgan fingerprint density at radius 2 is 1.92 bits per heavy atom. The van der Waals surface area contributed by atoms with Gasteiger partial charge in [0.1, 0.15) is 17.9 Å². The van der Waals surface area contributed by atoms with Gasteiger partial charge in [0, 0.05) is 16.1 Å². The van der Waals surface area contributed by atoms with E-state index >= 15 is 0 Å². The van der Waals surface area contributed by atoms with E-state index in [0.29, 0.717) is 19.6 Å². The highest BCUT2D eigenvalue weighted by Crippen LogP contribution is 2.22. The van der Waals surface area contributed by atoms with Crippen molar-refractivity contribution in [2.75, 3.05) is 13.2 Å². The van der Waals surface area contributed by atoms with Crippen molar-refractivity contribution < 1.29 is 9.53 Å². The molecule has 1 aromatic heterocycles. The van der Waals surface area contributed by atoms with Gasteiger partial charge in [-0.1, -0.05) is 52.3 Å². The van der Waals surface area contributed by atoms with Crippen molar-refractivity contribution in [1.82, 2.24) is 10.3 Å². The van der Waals surface area contributed by atoms with Crippen LogP contribution in [0.5, 0.6) is 5.75 Å². The summed E-state index contributed by atoms with van der Waals surface area (Å²) in [7, 11) is 0. The van der Waals surface area contributed by atoms with Crippen molar-refractivity contribution >= 4 is 32.7 Å². The summed E-state index contributed by atoms with van der Waals surface area (Å²) in [5.41, 5.74) is 1.80. The second-order valence-electron chi connectivity index (χ2n) is 5.30. The van der Waals surface area contributed by atoms with Gasteiger partial charge in [0.15, 0.2) is 0 Å². The predicted octanol–water partition coefficient (Wildman–Crippen LogP) is 3.74. The number of hydrogen-bond acceptors (Lipinski definition) is 3. The van der Waals surface area contributed by atoms with Gasteiger partial charge in [-0.3, -0.25) is 9.78 Å². The molecule has 0 saturated heterocycles. The van der Waals surface area contributed by atoms with Crippen LogP contribution in [0.1, 0.15) is 5.56 Å². The van der Waals surface area contributed by atoms with Crippen LogP contribution in [-0.2, 0) is 11.2 Å². The van der Waals surface area contributed by atoms with Gasteiger partial charge in [-0.15, -0.1) is 0 Å². The fourth-order valence-corrected chi connectivity index (χ4v) is 2.85. The minimum atomic E-state index is -0.0263. The third kappa shape index (κ3) is 4.11. The van der Waals surface area contributed by atoms with Gasteiger partial charge >= 0.3 is 0 Å². The molecule has 3 rings (SSSR count). The lowest BCUT2D eigenvalue weighted by atomic mass is 10.1. The molecule has 0 saturated carbocycles. The highest BCUT2D eigenvalue weighted by atomic mass is 79.9. The lowest BCUT2D eigenvalue weighted by molar-refractivity contribution is -0.120. The Morgan fingerprint density at radius 3 is 2.79 bits per heavy atom. The normalized spacial score (nSPS) is 10.5. The first-order valence-electron chi connectivity index (χ1n) is 7.71. The Bertz CT molecular complexity index is 846. The molecule has 0 bridgehead atoms. The molecule has 0 fully saturated rings. The summed E-state index contributed by atoms with van der Waals surface area (Å²) in [5, 5.41) is 3.91. The number of halogens is 1. The zero-order valence-corrected chi connectivity index (χ0v) is 14.6. The number of fused-ring (bicyclic) bond motifs is 1. The molecule has 1 amide bonds. The number of nitrogens with zero attached hydrogens (tertiary/aromatic N) is 1. The number of benzene rings is 2. The summed E-state index contributed by atoms with van der Waals surface area (Å²) in [6.45, 7) is 0.851. The standard InChI is InChI=1S/C19H17BrN2O2/c20-16-8-2-1-5-15(16)13-18(23)21-11-12-24-17-9-3-6-14-7-4-10-22-19(14)17/h1-10H,11-13H2,(H,21,23). The van der Waals surface area contributed by atoms with E-state index in [2.05, 4.69) is 26.2 Å². The highest BCUT2D eigenvalue weighted by Gasteiger charge is 2.06. The third-order valence-corrected chi connectivity index (χ3v) is 4.36. The summed E-state index contributed by atoms with van der Waals surface area (Å²) >= 11 is 3.45. The molecule has 4 nitrogen and oxygen atoms in total. The minimum Gasteiger partial charge on any atom is -0.489 e. The van der Waals surface area contributed by atoms with Crippen LogP contribution in [0.2, 0.25) is 0 Å². The first kappa shape index (κ1) is 16.5. The Balaban J connectivity index is 1.50. The molecular weight excluding hydrogens is 368 g/mol. The third-order valence-electron chi connectivity index (χ3n) is 3.59. The van der Waals surface area contributed by atoms with Crippen LogP contribution in [0, 0.1) is 0 Å². The lowest BCUT2D eigenvalue weighted by Crippen LogP contribution is -2.29. The molecule has 0 aliphatic rings.